The molecule has 0 aliphatic rings. The van der Waals surface area contributed by atoms with Gasteiger partial charge >= 0.3 is 5.97 Å². The van der Waals surface area contributed by atoms with E-state index < -0.39 is 0 Å². The normalized spacial score (nSPS) is 12.8. The number of hydrogen-bond donors (Lipinski definition) is 0. The number of halogens is 1. The van der Waals surface area contributed by atoms with Crippen molar-refractivity contribution in [1.29, 1.82) is 0 Å². The first kappa shape index (κ1) is 13.3. The Morgan fingerprint density at radius 3 is 2.81 bits per heavy atom. The minimum absolute atomic E-state index is 0.131. The summed E-state index contributed by atoms with van der Waals surface area (Å²) in [6.07, 6.45) is 0. The molecule has 0 radical (unpaired) electrons. The summed E-state index contributed by atoms with van der Waals surface area (Å²) < 4.78 is 10.8. The smallest absolute Gasteiger partial charge is 0.309 e. The Labute approximate surface area is 104 Å². The van der Waals surface area contributed by atoms with E-state index in [2.05, 4.69) is 20.7 Å². The lowest BCUT2D eigenvalue weighted by Gasteiger charge is -2.18. The third-order valence-corrected chi connectivity index (χ3v) is 2.67. The number of hydrogen-bond acceptors (Lipinski definition) is 4. The van der Waals surface area contributed by atoms with Crippen LogP contribution in [0.3, 0.4) is 0 Å². The summed E-state index contributed by atoms with van der Waals surface area (Å²) in [6, 6.07) is 3.76. The van der Waals surface area contributed by atoms with Gasteiger partial charge in [0, 0.05) is 6.54 Å². The van der Waals surface area contributed by atoms with Crippen molar-refractivity contribution in [2.75, 3.05) is 20.7 Å². The minimum atomic E-state index is -0.188. The summed E-state index contributed by atoms with van der Waals surface area (Å²) in [6.45, 7) is 3.16. The quantitative estimate of drug-likeness (QED) is 0.780. The van der Waals surface area contributed by atoms with Crippen LogP contribution in [0.1, 0.15) is 12.7 Å². The van der Waals surface area contributed by atoms with Gasteiger partial charge in [0.1, 0.15) is 5.76 Å². The maximum Gasteiger partial charge on any atom is 0.309 e. The molecule has 0 spiro atoms. The summed E-state index contributed by atoms with van der Waals surface area (Å²) in [4.78, 5) is 13.2. The summed E-state index contributed by atoms with van der Waals surface area (Å²) >= 11 is 3.25. The zero-order chi connectivity index (χ0) is 12.1. The second-order valence-corrected chi connectivity index (χ2v) is 4.61. The Morgan fingerprint density at radius 1 is 1.62 bits per heavy atom. The van der Waals surface area contributed by atoms with Crippen molar-refractivity contribution in [2.45, 2.75) is 13.5 Å². The maximum absolute atomic E-state index is 11.2. The highest BCUT2D eigenvalue weighted by Gasteiger charge is 2.16. The number of carbonyl (C=O) groups is 1. The summed E-state index contributed by atoms with van der Waals surface area (Å²) in [5.41, 5.74) is 0. The third kappa shape index (κ3) is 3.98. The number of furan rings is 1. The van der Waals surface area contributed by atoms with Crippen molar-refractivity contribution in [3.8, 4) is 0 Å². The van der Waals surface area contributed by atoms with Gasteiger partial charge in [-0.1, -0.05) is 6.92 Å². The fraction of sp³-hybridized carbons (Fsp3) is 0.545. The van der Waals surface area contributed by atoms with Gasteiger partial charge in [-0.05, 0) is 35.1 Å². The lowest BCUT2D eigenvalue weighted by molar-refractivity contribution is -0.145. The van der Waals surface area contributed by atoms with Crippen LogP contribution in [0.4, 0.5) is 0 Å². The van der Waals surface area contributed by atoms with Crippen molar-refractivity contribution in [2.24, 2.45) is 5.92 Å². The topological polar surface area (TPSA) is 42.7 Å². The summed E-state index contributed by atoms with van der Waals surface area (Å²) in [5.74, 6) is 0.548. The predicted octanol–water partition coefficient (Wildman–Crippen LogP) is 2.28. The van der Waals surface area contributed by atoms with E-state index in [1.807, 2.05) is 31.0 Å². The monoisotopic (exact) mass is 289 g/mol. The van der Waals surface area contributed by atoms with Crippen molar-refractivity contribution in [3.05, 3.63) is 22.6 Å². The Balaban J connectivity index is 2.41. The van der Waals surface area contributed by atoms with Crippen molar-refractivity contribution >= 4 is 21.9 Å². The number of nitrogens with zero attached hydrogens (tertiary/aromatic N) is 1. The van der Waals surface area contributed by atoms with E-state index in [1.165, 1.54) is 7.11 Å². The van der Waals surface area contributed by atoms with E-state index >= 15 is 0 Å². The number of carbonyl (C=O) groups excluding carboxylic acids is 1. The Hall–Kier alpha value is -0.810. The van der Waals surface area contributed by atoms with Crippen LogP contribution >= 0.6 is 15.9 Å². The molecule has 1 rings (SSSR count). The first-order valence-corrected chi connectivity index (χ1v) is 5.82. The van der Waals surface area contributed by atoms with E-state index in [1.54, 1.807) is 0 Å². The van der Waals surface area contributed by atoms with Gasteiger partial charge in [-0.25, -0.2) is 0 Å². The highest BCUT2D eigenvalue weighted by atomic mass is 79.9. The molecule has 0 N–H and O–H groups in total. The van der Waals surface area contributed by atoms with Gasteiger partial charge in [-0.2, -0.15) is 0 Å². The molecule has 1 aromatic heterocycles. The fourth-order valence-corrected chi connectivity index (χ4v) is 1.85. The Morgan fingerprint density at radius 2 is 2.31 bits per heavy atom. The van der Waals surface area contributed by atoms with Crippen molar-refractivity contribution in [3.63, 3.8) is 0 Å². The van der Waals surface area contributed by atoms with E-state index in [4.69, 9.17) is 4.42 Å². The largest absolute Gasteiger partial charge is 0.469 e. The van der Waals surface area contributed by atoms with E-state index in [0.717, 1.165) is 10.4 Å². The van der Waals surface area contributed by atoms with Crippen LogP contribution in [-0.4, -0.2) is 31.6 Å². The fourth-order valence-electron chi connectivity index (χ4n) is 1.51. The molecule has 4 nitrogen and oxygen atoms in total. The molecular weight excluding hydrogens is 274 g/mol. The van der Waals surface area contributed by atoms with Gasteiger partial charge in [0.25, 0.3) is 0 Å². The molecule has 0 saturated carbocycles. The van der Waals surface area contributed by atoms with Gasteiger partial charge in [0.05, 0.1) is 19.6 Å². The highest BCUT2D eigenvalue weighted by Crippen LogP contribution is 2.15. The third-order valence-electron chi connectivity index (χ3n) is 2.24. The molecule has 1 unspecified atom stereocenters. The van der Waals surface area contributed by atoms with Crippen LogP contribution in [0, 0.1) is 5.92 Å². The van der Waals surface area contributed by atoms with E-state index in [0.29, 0.717) is 13.1 Å². The Kier molecular flexibility index (Phi) is 5.02. The number of ether oxygens (including phenoxy) is 1. The van der Waals surface area contributed by atoms with Gasteiger partial charge in [-0.3, -0.25) is 9.69 Å². The number of rotatable bonds is 5. The molecule has 1 heterocycles. The zero-order valence-electron chi connectivity index (χ0n) is 9.70. The molecule has 0 saturated heterocycles. The lowest BCUT2D eigenvalue weighted by Crippen LogP contribution is -2.28. The standard InChI is InChI=1S/C11H16BrNO3/c1-8(11(14)15-3)6-13(2)7-9-4-5-10(12)16-9/h4-5,8H,6-7H2,1-3H3. The molecule has 0 aliphatic carbocycles. The van der Waals surface area contributed by atoms with Gasteiger partial charge in [0.2, 0.25) is 0 Å². The molecule has 1 atom stereocenters. The van der Waals surface area contributed by atoms with Gasteiger partial charge < -0.3 is 9.15 Å². The summed E-state index contributed by atoms with van der Waals surface area (Å²) in [7, 11) is 3.35. The first-order chi connectivity index (χ1) is 7.52. The molecule has 0 fully saturated rings. The van der Waals surface area contributed by atoms with Crippen molar-refractivity contribution in [1.82, 2.24) is 4.90 Å². The van der Waals surface area contributed by atoms with Crippen LogP contribution in [0.15, 0.2) is 21.2 Å². The maximum atomic E-state index is 11.2. The molecule has 0 aromatic carbocycles. The van der Waals surface area contributed by atoms with Crippen LogP contribution in [-0.2, 0) is 16.1 Å². The summed E-state index contributed by atoms with van der Waals surface area (Å²) in [5, 5.41) is 0. The number of methoxy groups -OCH3 is 1. The van der Waals surface area contributed by atoms with Gasteiger partial charge in [0.15, 0.2) is 4.67 Å². The first-order valence-electron chi connectivity index (χ1n) is 5.03. The van der Waals surface area contributed by atoms with Crippen LogP contribution < -0.4 is 0 Å². The zero-order valence-corrected chi connectivity index (χ0v) is 11.3. The second kappa shape index (κ2) is 6.06. The average molecular weight is 290 g/mol. The van der Waals surface area contributed by atoms with E-state index in [9.17, 15) is 4.79 Å². The lowest BCUT2D eigenvalue weighted by atomic mass is 10.2. The SMILES string of the molecule is COC(=O)C(C)CN(C)Cc1ccc(Br)o1. The molecule has 0 amide bonds. The molecule has 0 bridgehead atoms. The average Bonchev–Trinajstić information content (AvgIpc) is 2.62. The second-order valence-electron chi connectivity index (χ2n) is 3.83. The van der Waals surface area contributed by atoms with E-state index in [-0.39, 0.29) is 11.9 Å². The Bertz CT molecular complexity index is 351. The number of esters is 1. The molecule has 90 valence electrons. The van der Waals surface area contributed by atoms with Crippen molar-refractivity contribution < 1.29 is 13.9 Å². The van der Waals surface area contributed by atoms with Crippen LogP contribution in [0.5, 0.6) is 0 Å². The molecule has 1 aromatic rings. The molecule has 16 heavy (non-hydrogen) atoms. The predicted molar refractivity (Wildman–Crippen MR) is 63.9 cm³/mol. The minimum Gasteiger partial charge on any atom is -0.469 e. The van der Waals surface area contributed by atoms with Crippen LogP contribution in [0.25, 0.3) is 0 Å². The molecular formula is C11H16BrNO3. The van der Waals surface area contributed by atoms with Gasteiger partial charge in [-0.15, -0.1) is 0 Å². The molecule has 0 aliphatic heterocycles. The van der Waals surface area contributed by atoms with Crippen LogP contribution in [0.2, 0.25) is 0 Å². The molecule has 5 heteroatoms. The highest BCUT2D eigenvalue weighted by molar-refractivity contribution is 9.10.